The average molecular weight is 487 g/mol. The molecule has 0 fully saturated rings. The molecule has 35 heavy (non-hydrogen) atoms. The number of carbonyl (C=O) groups is 3. The van der Waals surface area contributed by atoms with Crippen LogP contribution in [-0.2, 0) is 14.4 Å². The number of hydrogen-bond acceptors (Lipinski definition) is 5. The fraction of sp³-hybridized carbons (Fsp3) is 0.593. The van der Waals surface area contributed by atoms with Crippen molar-refractivity contribution in [2.24, 2.45) is 17.8 Å². The first-order valence-electron chi connectivity index (χ1n) is 12.4. The van der Waals surface area contributed by atoms with Crippen molar-refractivity contribution in [3.8, 4) is 5.75 Å². The van der Waals surface area contributed by atoms with Crippen LogP contribution in [0.15, 0.2) is 30.5 Å². The van der Waals surface area contributed by atoms with E-state index in [2.05, 4.69) is 29.8 Å². The molecule has 2 aliphatic rings. The van der Waals surface area contributed by atoms with E-state index in [9.17, 15) is 14.4 Å². The Bertz CT molecular complexity index is 893. The minimum Gasteiger partial charge on any atom is -0.487 e. The second-order valence-corrected chi connectivity index (χ2v) is 10.6. The predicted octanol–water partition coefficient (Wildman–Crippen LogP) is 2.79. The van der Waals surface area contributed by atoms with Gasteiger partial charge in [-0.15, -0.1) is 0 Å². The summed E-state index contributed by atoms with van der Waals surface area (Å²) in [6.45, 7) is 11.7. The van der Waals surface area contributed by atoms with Crippen LogP contribution in [0.4, 0.5) is 0 Å². The van der Waals surface area contributed by atoms with Crippen LogP contribution < -0.4 is 20.7 Å². The van der Waals surface area contributed by atoms with Gasteiger partial charge < -0.3 is 20.7 Å². The van der Waals surface area contributed by atoms with Gasteiger partial charge in [0.15, 0.2) is 0 Å². The monoisotopic (exact) mass is 486 g/mol. The maximum absolute atomic E-state index is 13.6. The normalized spacial score (nSPS) is 22.1. The van der Waals surface area contributed by atoms with E-state index in [1.165, 1.54) is 0 Å². The van der Waals surface area contributed by atoms with Crippen molar-refractivity contribution in [3.63, 3.8) is 0 Å². The summed E-state index contributed by atoms with van der Waals surface area (Å²) >= 11 is 0. The largest absolute Gasteiger partial charge is 0.487 e. The third kappa shape index (κ3) is 8.09. The van der Waals surface area contributed by atoms with E-state index in [1.54, 1.807) is 12.3 Å². The van der Waals surface area contributed by atoms with E-state index in [-0.39, 0.29) is 23.7 Å². The van der Waals surface area contributed by atoms with Crippen molar-refractivity contribution in [1.82, 2.24) is 20.9 Å². The zero-order valence-corrected chi connectivity index (χ0v) is 22.3. The molecule has 1 aromatic carbocycles. The van der Waals surface area contributed by atoms with Crippen LogP contribution in [0.3, 0.4) is 0 Å². The molecular formula is C27H42N4O4. The molecule has 8 nitrogen and oxygen atoms in total. The zero-order valence-electron chi connectivity index (χ0n) is 22.3. The van der Waals surface area contributed by atoms with Gasteiger partial charge in [0, 0.05) is 6.20 Å². The highest BCUT2D eigenvalue weighted by molar-refractivity contribution is 5.94. The van der Waals surface area contributed by atoms with Gasteiger partial charge in [-0.25, -0.2) is 0 Å². The first kappa shape index (κ1) is 28.4. The number of nitrogens with one attached hydrogen (secondary N) is 3. The molecule has 2 heterocycles. The van der Waals surface area contributed by atoms with E-state index in [0.717, 1.165) is 5.56 Å². The van der Waals surface area contributed by atoms with Crippen LogP contribution in [0.1, 0.15) is 53.5 Å². The maximum atomic E-state index is 13.6. The molecule has 4 atom stereocenters. The molecule has 194 valence electrons. The number of likely N-dealkylation sites (N-methyl/N-ethyl adjacent to an activating group) is 1. The van der Waals surface area contributed by atoms with Crippen LogP contribution in [0, 0.1) is 17.8 Å². The SMILES string of the molecule is CC(C)C[C@@H](C(=O)N[C@H]1C(=O)N[C@H](C(C)C)C(=O)NC=Cc2ccc(cc2)O[C@@H]1C(C)C)N(C)C. The van der Waals surface area contributed by atoms with Gasteiger partial charge in [-0.1, -0.05) is 53.7 Å². The van der Waals surface area contributed by atoms with E-state index in [0.29, 0.717) is 18.1 Å². The molecule has 2 aliphatic heterocycles. The average Bonchev–Trinajstić information content (AvgIpc) is 2.77. The first-order chi connectivity index (χ1) is 16.4. The number of hydrogen-bond donors (Lipinski definition) is 3. The molecule has 0 unspecified atom stereocenters. The topological polar surface area (TPSA) is 99.8 Å². The second kappa shape index (κ2) is 12.7. The van der Waals surface area contributed by atoms with Gasteiger partial charge in [0.05, 0.1) is 6.04 Å². The van der Waals surface area contributed by atoms with Crippen LogP contribution in [0.25, 0.3) is 6.08 Å². The minimum atomic E-state index is -0.996. The van der Waals surface area contributed by atoms with Gasteiger partial charge >= 0.3 is 0 Å². The quantitative estimate of drug-likeness (QED) is 0.550. The van der Waals surface area contributed by atoms with Gasteiger partial charge in [-0.05, 0) is 62.0 Å². The van der Waals surface area contributed by atoms with Crippen molar-refractivity contribution < 1.29 is 19.1 Å². The second-order valence-electron chi connectivity index (χ2n) is 10.6. The lowest BCUT2D eigenvalue weighted by Gasteiger charge is -2.34. The summed E-state index contributed by atoms with van der Waals surface area (Å²) < 4.78 is 6.29. The molecule has 0 spiro atoms. The predicted molar refractivity (Wildman–Crippen MR) is 139 cm³/mol. The lowest BCUT2D eigenvalue weighted by molar-refractivity contribution is -0.136. The molecule has 0 saturated heterocycles. The molecular weight excluding hydrogens is 444 g/mol. The standard InChI is InChI=1S/C27H42N4O4/c1-16(2)15-21(31(7)8)25(32)30-23-24(18(5)6)35-20-11-9-19(10-12-20)13-14-28-26(33)22(17(3)4)29-27(23)34/h9-14,16-18,21-24H,15H2,1-8H3,(H,28,33)(H,29,34)(H,30,32)/t21-,22+,23+,24+/m0/s1. The fourth-order valence-corrected chi connectivity index (χ4v) is 4.04. The zero-order chi connectivity index (χ0) is 26.3. The summed E-state index contributed by atoms with van der Waals surface area (Å²) in [7, 11) is 3.70. The Kier molecular flexibility index (Phi) is 10.3. The highest BCUT2D eigenvalue weighted by Crippen LogP contribution is 2.21. The molecule has 0 aliphatic carbocycles. The lowest BCUT2D eigenvalue weighted by Crippen LogP contribution is -2.62. The Balaban J connectivity index is 2.50. The lowest BCUT2D eigenvalue weighted by atomic mass is 9.95. The van der Waals surface area contributed by atoms with E-state index < -0.39 is 30.1 Å². The Hall–Kier alpha value is -2.87. The van der Waals surface area contributed by atoms with E-state index >= 15 is 0 Å². The third-order valence-electron chi connectivity index (χ3n) is 6.09. The van der Waals surface area contributed by atoms with Gasteiger partial charge in [0.25, 0.3) is 0 Å². The van der Waals surface area contributed by atoms with Gasteiger partial charge in [-0.2, -0.15) is 0 Å². The third-order valence-corrected chi connectivity index (χ3v) is 6.09. The maximum Gasteiger partial charge on any atom is 0.247 e. The summed E-state index contributed by atoms with van der Waals surface area (Å²) in [6.07, 6.45) is 3.34. The molecule has 2 bridgehead atoms. The van der Waals surface area contributed by atoms with Crippen molar-refractivity contribution in [2.45, 2.75) is 72.2 Å². The van der Waals surface area contributed by atoms with Crippen LogP contribution in [-0.4, -0.2) is 60.9 Å². The summed E-state index contributed by atoms with van der Waals surface area (Å²) in [5, 5.41) is 8.60. The summed E-state index contributed by atoms with van der Waals surface area (Å²) in [6, 6.07) is 5.21. The number of carbonyl (C=O) groups excluding carboxylic acids is 3. The number of amides is 3. The van der Waals surface area contributed by atoms with Gasteiger partial charge in [0.1, 0.15) is 23.9 Å². The summed E-state index contributed by atoms with van der Waals surface area (Å²) in [5.74, 6) is -0.397. The van der Waals surface area contributed by atoms with Crippen molar-refractivity contribution in [2.75, 3.05) is 14.1 Å². The number of benzene rings is 1. The molecule has 3 N–H and O–H groups in total. The summed E-state index contributed by atoms with van der Waals surface area (Å²) in [5.41, 5.74) is 0.897. The summed E-state index contributed by atoms with van der Waals surface area (Å²) in [4.78, 5) is 41.8. The van der Waals surface area contributed by atoms with Gasteiger partial charge in [-0.3, -0.25) is 19.3 Å². The Morgan fingerprint density at radius 1 is 1.00 bits per heavy atom. The van der Waals surface area contributed by atoms with Crippen LogP contribution in [0.5, 0.6) is 5.75 Å². The van der Waals surface area contributed by atoms with Gasteiger partial charge in [0.2, 0.25) is 17.7 Å². The number of ether oxygens (including phenoxy) is 1. The number of rotatable bonds is 7. The minimum absolute atomic E-state index is 0.104. The first-order valence-corrected chi connectivity index (χ1v) is 12.4. The molecule has 1 aromatic rings. The van der Waals surface area contributed by atoms with Crippen molar-refractivity contribution in [1.29, 1.82) is 0 Å². The van der Waals surface area contributed by atoms with Crippen molar-refractivity contribution >= 4 is 23.8 Å². The smallest absolute Gasteiger partial charge is 0.247 e. The van der Waals surface area contributed by atoms with Crippen LogP contribution in [0.2, 0.25) is 0 Å². The number of nitrogens with zero attached hydrogens (tertiary/aromatic N) is 1. The Morgan fingerprint density at radius 3 is 2.14 bits per heavy atom. The molecule has 3 rings (SSSR count). The van der Waals surface area contributed by atoms with E-state index in [4.69, 9.17) is 4.74 Å². The Morgan fingerprint density at radius 2 is 1.63 bits per heavy atom. The van der Waals surface area contributed by atoms with E-state index in [1.807, 2.05) is 71.0 Å². The fourth-order valence-electron chi connectivity index (χ4n) is 4.04. The van der Waals surface area contributed by atoms with Crippen LogP contribution >= 0.6 is 0 Å². The molecule has 0 radical (unpaired) electrons. The highest BCUT2D eigenvalue weighted by atomic mass is 16.5. The van der Waals surface area contributed by atoms with Crippen molar-refractivity contribution in [3.05, 3.63) is 36.0 Å². The molecule has 0 aromatic heterocycles. The molecule has 8 heteroatoms. The molecule has 3 amide bonds. The Labute approximate surface area is 209 Å². The number of fused-ring (bicyclic) bond motifs is 10. The highest BCUT2D eigenvalue weighted by Gasteiger charge is 2.38. The molecule has 0 saturated carbocycles.